The molecule has 180 valence electrons. The van der Waals surface area contributed by atoms with Gasteiger partial charge >= 0.3 is 0 Å². The largest absolute Gasteiger partial charge is 0.494 e. The number of rotatable bonds is 8. The Bertz CT molecular complexity index is 1210. The van der Waals surface area contributed by atoms with E-state index in [0.29, 0.717) is 30.9 Å². The molecule has 0 radical (unpaired) electrons. The highest BCUT2D eigenvalue weighted by Crippen LogP contribution is 2.27. The van der Waals surface area contributed by atoms with E-state index in [9.17, 15) is 14.4 Å². The summed E-state index contributed by atoms with van der Waals surface area (Å²) < 4.78 is 6.36. The fourth-order valence-electron chi connectivity index (χ4n) is 3.93. The molecule has 1 heterocycles. The predicted octanol–water partition coefficient (Wildman–Crippen LogP) is 4.77. The maximum Gasteiger partial charge on any atom is 0.253 e. The second-order valence-corrected chi connectivity index (χ2v) is 9.09. The number of para-hydroxylation sites is 1. The van der Waals surface area contributed by atoms with Gasteiger partial charge in [0.1, 0.15) is 5.75 Å². The van der Waals surface area contributed by atoms with Crippen molar-refractivity contribution in [1.82, 2.24) is 5.32 Å². The van der Waals surface area contributed by atoms with Gasteiger partial charge in [-0.15, -0.1) is 0 Å². The summed E-state index contributed by atoms with van der Waals surface area (Å²) in [5.41, 5.74) is 2.46. The lowest BCUT2D eigenvalue weighted by Gasteiger charge is -2.17. The summed E-state index contributed by atoms with van der Waals surface area (Å²) in [5, 5.41) is 5.74. The van der Waals surface area contributed by atoms with Crippen LogP contribution in [0.4, 0.5) is 11.4 Å². The molecule has 1 fully saturated rings. The summed E-state index contributed by atoms with van der Waals surface area (Å²) in [6, 6.07) is 21.8. The summed E-state index contributed by atoms with van der Waals surface area (Å²) in [5.74, 6) is -0.418. The van der Waals surface area contributed by atoms with E-state index in [-0.39, 0.29) is 24.1 Å². The molecule has 0 unspecified atom stereocenters. The van der Waals surface area contributed by atoms with Crippen molar-refractivity contribution < 1.29 is 19.1 Å². The van der Waals surface area contributed by atoms with Gasteiger partial charge in [-0.1, -0.05) is 40.2 Å². The summed E-state index contributed by atoms with van der Waals surface area (Å²) in [4.78, 5) is 40.0. The molecule has 1 atom stereocenters. The molecule has 3 aromatic carbocycles. The second kappa shape index (κ2) is 11.2. The Labute approximate surface area is 212 Å². The zero-order valence-corrected chi connectivity index (χ0v) is 20.9. The van der Waals surface area contributed by atoms with E-state index in [1.54, 1.807) is 29.2 Å². The van der Waals surface area contributed by atoms with Crippen LogP contribution in [0.3, 0.4) is 0 Å². The molecule has 1 saturated heterocycles. The Morgan fingerprint density at radius 2 is 1.74 bits per heavy atom. The van der Waals surface area contributed by atoms with Crippen LogP contribution in [0.5, 0.6) is 5.75 Å². The third kappa shape index (κ3) is 6.08. The number of ether oxygens (including phenoxy) is 1. The minimum absolute atomic E-state index is 0.103. The van der Waals surface area contributed by atoms with Crippen LogP contribution in [0.2, 0.25) is 0 Å². The van der Waals surface area contributed by atoms with Crippen molar-refractivity contribution in [3.63, 3.8) is 0 Å². The van der Waals surface area contributed by atoms with E-state index < -0.39 is 5.92 Å². The first-order chi connectivity index (χ1) is 16.9. The Morgan fingerprint density at radius 1 is 1.03 bits per heavy atom. The van der Waals surface area contributed by atoms with Crippen molar-refractivity contribution in [1.29, 1.82) is 0 Å². The Kier molecular flexibility index (Phi) is 7.82. The van der Waals surface area contributed by atoms with Crippen molar-refractivity contribution in [2.75, 3.05) is 23.4 Å². The topological polar surface area (TPSA) is 87.7 Å². The molecule has 3 amide bonds. The Hall–Kier alpha value is -3.65. The first-order valence-corrected chi connectivity index (χ1v) is 12.2. The molecule has 0 aliphatic carbocycles. The quantitative estimate of drug-likeness (QED) is 0.434. The zero-order valence-electron chi connectivity index (χ0n) is 19.3. The van der Waals surface area contributed by atoms with Crippen molar-refractivity contribution in [2.45, 2.75) is 19.9 Å². The summed E-state index contributed by atoms with van der Waals surface area (Å²) in [7, 11) is 0. The lowest BCUT2D eigenvalue weighted by atomic mass is 10.1. The van der Waals surface area contributed by atoms with E-state index in [1.165, 1.54) is 0 Å². The molecule has 0 spiro atoms. The number of hydrogen-bond acceptors (Lipinski definition) is 4. The van der Waals surface area contributed by atoms with Crippen molar-refractivity contribution in [3.05, 3.63) is 88.4 Å². The van der Waals surface area contributed by atoms with Crippen LogP contribution in [0.15, 0.2) is 77.3 Å². The SMILES string of the molecule is CCOc1ccc(CNC(=O)c2ccccc2NC(=O)[C@H]2CC(=O)N(c3ccc(Br)cc3)C2)cc1. The molecule has 1 aliphatic rings. The molecular weight excluding hydrogens is 510 g/mol. The molecule has 35 heavy (non-hydrogen) atoms. The summed E-state index contributed by atoms with van der Waals surface area (Å²) in [6.45, 7) is 3.15. The van der Waals surface area contributed by atoms with E-state index in [2.05, 4.69) is 26.6 Å². The molecule has 1 aliphatic heterocycles. The number of carbonyl (C=O) groups excluding carboxylic acids is 3. The number of halogens is 1. The van der Waals surface area contributed by atoms with Gasteiger partial charge in [0.25, 0.3) is 5.91 Å². The average molecular weight is 536 g/mol. The van der Waals surface area contributed by atoms with Crippen molar-refractivity contribution in [2.24, 2.45) is 5.92 Å². The van der Waals surface area contributed by atoms with Gasteiger partial charge < -0.3 is 20.3 Å². The monoisotopic (exact) mass is 535 g/mol. The van der Waals surface area contributed by atoms with E-state index in [4.69, 9.17) is 4.74 Å². The Balaban J connectivity index is 1.38. The first-order valence-electron chi connectivity index (χ1n) is 11.4. The molecule has 0 aromatic heterocycles. The normalized spacial score (nSPS) is 15.1. The third-order valence-electron chi connectivity index (χ3n) is 5.75. The number of carbonyl (C=O) groups is 3. The van der Waals surface area contributed by atoms with E-state index in [0.717, 1.165) is 21.5 Å². The highest BCUT2D eigenvalue weighted by Gasteiger charge is 2.35. The zero-order chi connectivity index (χ0) is 24.8. The Morgan fingerprint density at radius 3 is 2.46 bits per heavy atom. The summed E-state index contributed by atoms with van der Waals surface area (Å²) >= 11 is 3.39. The van der Waals surface area contributed by atoms with Crippen molar-refractivity contribution >= 4 is 45.0 Å². The number of nitrogens with zero attached hydrogens (tertiary/aromatic N) is 1. The van der Waals surface area contributed by atoms with E-state index in [1.807, 2.05) is 55.5 Å². The number of nitrogens with one attached hydrogen (secondary N) is 2. The van der Waals surface area contributed by atoms with Gasteiger partial charge in [0, 0.05) is 29.7 Å². The third-order valence-corrected chi connectivity index (χ3v) is 6.28. The second-order valence-electron chi connectivity index (χ2n) is 8.18. The molecule has 8 heteroatoms. The number of anilines is 2. The fraction of sp³-hybridized carbons (Fsp3) is 0.222. The highest BCUT2D eigenvalue weighted by molar-refractivity contribution is 9.10. The van der Waals surface area contributed by atoms with Gasteiger partial charge in [-0.2, -0.15) is 0 Å². The van der Waals surface area contributed by atoms with Gasteiger partial charge in [-0.25, -0.2) is 0 Å². The maximum atomic E-state index is 13.0. The molecule has 0 bridgehead atoms. The molecule has 0 saturated carbocycles. The van der Waals surface area contributed by atoms with E-state index >= 15 is 0 Å². The van der Waals surface area contributed by atoms with Crippen LogP contribution < -0.4 is 20.3 Å². The van der Waals surface area contributed by atoms with Gasteiger partial charge in [0.2, 0.25) is 11.8 Å². The van der Waals surface area contributed by atoms with Crippen LogP contribution in [-0.2, 0) is 16.1 Å². The van der Waals surface area contributed by atoms with Crippen LogP contribution in [0.1, 0.15) is 29.3 Å². The van der Waals surface area contributed by atoms with Gasteiger partial charge in [-0.05, 0) is 61.0 Å². The lowest BCUT2D eigenvalue weighted by molar-refractivity contribution is -0.122. The molecule has 3 aromatic rings. The molecule has 4 rings (SSSR count). The van der Waals surface area contributed by atoms with Crippen LogP contribution in [0, 0.1) is 5.92 Å². The van der Waals surface area contributed by atoms with Crippen LogP contribution in [-0.4, -0.2) is 30.9 Å². The van der Waals surface area contributed by atoms with Crippen molar-refractivity contribution in [3.8, 4) is 5.75 Å². The number of benzene rings is 3. The molecule has 2 N–H and O–H groups in total. The molecular formula is C27H26BrN3O4. The van der Waals surface area contributed by atoms with Crippen LogP contribution >= 0.6 is 15.9 Å². The fourth-order valence-corrected chi connectivity index (χ4v) is 4.19. The standard InChI is InChI=1S/C27H26BrN3O4/c1-2-35-22-13-7-18(8-14-22)16-29-27(34)23-5-3-4-6-24(23)30-26(33)19-15-25(32)31(17-19)21-11-9-20(28)10-12-21/h3-14,19H,2,15-17H2,1H3,(H,29,34)(H,30,33)/t19-/m0/s1. The first kappa shape index (κ1) is 24.5. The van der Waals surface area contributed by atoms with Crippen LogP contribution in [0.25, 0.3) is 0 Å². The molecule has 7 nitrogen and oxygen atoms in total. The minimum Gasteiger partial charge on any atom is -0.494 e. The minimum atomic E-state index is -0.508. The van der Waals surface area contributed by atoms with Gasteiger partial charge in [0.15, 0.2) is 0 Å². The predicted molar refractivity (Wildman–Crippen MR) is 138 cm³/mol. The van der Waals surface area contributed by atoms with Gasteiger partial charge in [0.05, 0.1) is 23.8 Å². The average Bonchev–Trinajstić information content (AvgIpc) is 3.26. The van der Waals surface area contributed by atoms with Gasteiger partial charge in [-0.3, -0.25) is 14.4 Å². The lowest BCUT2D eigenvalue weighted by Crippen LogP contribution is -2.29. The number of hydrogen-bond donors (Lipinski definition) is 2. The summed E-state index contributed by atoms with van der Waals surface area (Å²) in [6.07, 6.45) is 0.119. The maximum absolute atomic E-state index is 13.0. The number of amides is 3. The highest BCUT2D eigenvalue weighted by atomic mass is 79.9. The smallest absolute Gasteiger partial charge is 0.253 e.